The summed E-state index contributed by atoms with van der Waals surface area (Å²) in [5.74, 6) is -0.624. The molecule has 150 valence electrons. The molecule has 6 nitrogen and oxygen atoms in total. The molecule has 0 saturated heterocycles. The minimum atomic E-state index is -0.527. The molecule has 1 aliphatic heterocycles. The summed E-state index contributed by atoms with van der Waals surface area (Å²) in [4.78, 5) is 37.9. The Kier molecular flexibility index (Phi) is 5.57. The maximum absolute atomic E-state index is 12.3. The van der Waals surface area contributed by atoms with Gasteiger partial charge in [-0.1, -0.05) is 42.5 Å². The van der Waals surface area contributed by atoms with Crippen molar-refractivity contribution in [1.29, 1.82) is 0 Å². The monoisotopic (exact) mass is 401 g/mol. The normalized spacial score (nSPS) is 12.6. The second-order valence-electron chi connectivity index (χ2n) is 6.74. The molecule has 0 N–H and O–H groups in total. The molecule has 1 aliphatic rings. The number of rotatable bonds is 7. The van der Waals surface area contributed by atoms with E-state index in [0.29, 0.717) is 29.0 Å². The largest absolute Gasteiger partial charge is 0.489 e. The number of benzene rings is 3. The molecular weight excluding hydrogens is 382 g/mol. The van der Waals surface area contributed by atoms with E-state index in [2.05, 4.69) is 0 Å². The fraction of sp³-hybridized carbons (Fsp3) is 0.125. The van der Waals surface area contributed by atoms with Gasteiger partial charge in [0.25, 0.3) is 11.8 Å². The van der Waals surface area contributed by atoms with Gasteiger partial charge in [0.2, 0.25) is 0 Å². The van der Waals surface area contributed by atoms with Gasteiger partial charge in [-0.15, -0.1) is 0 Å². The van der Waals surface area contributed by atoms with E-state index in [1.165, 1.54) is 0 Å². The predicted octanol–water partition coefficient (Wildman–Crippen LogP) is 3.72. The van der Waals surface area contributed by atoms with Crippen molar-refractivity contribution in [3.05, 3.63) is 101 Å². The number of fused-ring (bicyclic) bond motifs is 1. The van der Waals surface area contributed by atoms with E-state index in [-0.39, 0.29) is 25.0 Å². The van der Waals surface area contributed by atoms with Crippen molar-refractivity contribution in [3.63, 3.8) is 0 Å². The molecule has 3 aromatic rings. The maximum Gasteiger partial charge on any atom is 0.338 e. The number of imide groups is 1. The predicted molar refractivity (Wildman–Crippen MR) is 109 cm³/mol. The Balaban J connectivity index is 1.27. The topological polar surface area (TPSA) is 72.9 Å². The molecule has 0 bridgehead atoms. The zero-order chi connectivity index (χ0) is 20.9. The molecular formula is C24H19NO5. The van der Waals surface area contributed by atoms with Gasteiger partial charge in [-0.3, -0.25) is 14.5 Å². The van der Waals surface area contributed by atoms with Crippen molar-refractivity contribution in [2.45, 2.75) is 6.61 Å². The summed E-state index contributed by atoms with van der Waals surface area (Å²) in [5, 5.41) is 0. The van der Waals surface area contributed by atoms with Crippen LogP contribution in [-0.2, 0) is 11.3 Å². The third kappa shape index (κ3) is 4.07. The van der Waals surface area contributed by atoms with E-state index in [1.54, 1.807) is 48.5 Å². The van der Waals surface area contributed by atoms with Crippen LogP contribution in [0, 0.1) is 0 Å². The van der Waals surface area contributed by atoms with Gasteiger partial charge in [-0.25, -0.2) is 4.79 Å². The lowest BCUT2D eigenvalue weighted by Crippen LogP contribution is -2.33. The molecule has 30 heavy (non-hydrogen) atoms. The Morgan fingerprint density at radius 1 is 0.767 bits per heavy atom. The highest BCUT2D eigenvalue weighted by Gasteiger charge is 2.34. The number of ether oxygens (including phenoxy) is 2. The molecule has 0 atom stereocenters. The number of carbonyl (C=O) groups excluding carboxylic acids is 3. The van der Waals surface area contributed by atoms with Crippen LogP contribution in [0.3, 0.4) is 0 Å². The third-order valence-electron chi connectivity index (χ3n) is 4.76. The molecule has 0 fully saturated rings. The highest BCUT2D eigenvalue weighted by Crippen LogP contribution is 2.22. The maximum atomic E-state index is 12.3. The number of hydrogen-bond acceptors (Lipinski definition) is 5. The fourth-order valence-corrected chi connectivity index (χ4v) is 3.18. The van der Waals surface area contributed by atoms with Gasteiger partial charge in [0.1, 0.15) is 19.0 Å². The summed E-state index contributed by atoms with van der Waals surface area (Å²) in [6.45, 7) is 0.373. The first-order chi connectivity index (χ1) is 14.6. The number of nitrogens with zero attached hydrogens (tertiary/aromatic N) is 1. The van der Waals surface area contributed by atoms with E-state index >= 15 is 0 Å². The SMILES string of the molecule is O=C(OCCN1C(=O)c2ccccc2C1=O)c1ccc(OCc2ccccc2)cc1. The minimum absolute atomic E-state index is 0.0103. The highest BCUT2D eigenvalue weighted by molar-refractivity contribution is 6.21. The lowest BCUT2D eigenvalue weighted by molar-refractivity contribution is 0.0420. The number of hydrogen-bond donors (Lipinski definition) is 0. The Labute approximate surface area is 173 Å². The molecule has 0 unspecified atom stereocenters. The average molecular weight is 401 g/mol. The summed E-state index contributed by atoms with van der Waals surface area (Å²) < 4.78 is 10.9. The van der Waals surface area contributed by atoms with Gasteiger partial charge >= 0.3 is 5.97 Å². The van der Waals surface area contributed by atoms with E-state index in [0.717, 1.165) is 10.5 Å². The molecule has 4 rings (SSSR count). The van der Waals surface area contributed by atoms with Crippen molar-refractivity contribution >= 4 is 17.8 Å². The first-order valence-electron chi connectivity index (χ1n) is 9.52. The Morgan fingerprint density at radius 3 is 2.00 bits per heavy atom. The average Bonchev–Trinajstić information content (AvgIpc) is 3.04. The standard InChI is InChI=1S/C24H19NO5/c26-22-20-8-4-5-9-21(20)23(27)25(22)14-15-29-24(28)18-10-12-19(13-11-18)30-16-17-6-2-1-3-7-17/h1-13H,14-16H2. The molecule has 2 amide bonds. The lowest BCUT2D eigenvalue weighted by Gasteiger charge is -2.14. The first-order valence-corrected chi connectivity index (χ1v) is 9.52. The van der Waals surface area contributed by atoms with E-state index < -0.39 is 5.97 Å². The Bertz CT molecular complexity index is 1040. The van der Waals surface area contributed by atoms with Crippen molar-refractivity contribution in [2.24, 2.45) is 0 Å². The minimum Gasteiger partial charge on any atom is -0.489 e. The summed E-state index contributed by atoms with van der Waals surface area (Å²) >= 11 is 0. The van der Waals surface area contributed by atoms with Gasteiger partial charge in [0.05, 0.1) is 23.2 Å². The smallest absolute Gasteiger partial charge is 0.338 e. The number of amides is 2. The quantitative estimate of drug-likeness (QED) is 0.446. The molecule has 0 saturated carbocycles. The van der Waals surface area contributed by atoms with Gasteiger partial charge < -0.3 is 9.47 Å². The Morgan fingerprint density at radius 2 is 1.37 bits per heavy atom. The van der Waals surface area contributed by atoms with Crippen LogP contribution in [0.5, 0.6) is 5.75 Å². The van der Waals surface area contributed by atoms with Crippen molar-refractivity contribution < 1.29 is 23.9 Å². The molecule has 0 radical (unpaired) electrons. The van der Waals surface area contributed by atoms with Gasteiger partial charge in [-0.05, 0) is 42.0 Å². The molecule has 0 aromatic heterocycles. The zero-order valence-corrected chi connectivity index (χ0v) is 16.1. The third-order valence-corrected chi connectivity index (χ3v) is 4.76. The van der Waals surface area contributed by atoms with Crippen LogP contribution in [0.4, 0.5) is 0 Å². The summed E-state index contributed by atoms with van der Waals surface area (Å²) in [6, 6.07) is 23.0. The number of carbonyl (C=O) groups is 3. The van der Waals surface area contributed by atoms with E-state index in [1.807, 2.05) is 30.3 Å². The molecule has 0 aliphatic carbocycles. The van der Waals surface area contributed by atoms with Crippen molar-refractivity contribution in [3.8, 4) is 5.75 Å². The summed E-state index contributed by atoms with van der Waals surface area (Å²) in [5.41, 5.74) is 2.17. The van der Waals surface area contributed by atoms with Gasteiger partial charge in [-0.2, -0.15) is 0 Å². The Hall–Kier alpha value is -3.93. The van der Waals surface area contributed by atoms with Gasteiger partial charge in [0.15, 0.2) is 0 Å². The van der Waals surface area contributed by atoms with Crippen LogP contribution in [0.1, 0.15) is 36.6 Å². The second-order valence-corrected chi connectivity index (χ2v) is 6.74. The highest BCUT2D eigenvalue weighted by atomic mass is 16.5. The molecule has 3 aromatic carbocycles. The van der Waals surface area contributed by atoms with Crippen LogP contribution >= 0.6 is 0 Å². The molecule has 0 spiro atoms. The summed E-state index contributed by atoms with van der Waals surface area (Å²) in [7, 11) is 0. The van der Waals surface area contributed by atoms with Crippen LogP contribution in [0.25, 0.3) is 0 Å². The van der Waals surface area contributed by atoms with Crippen LogP contribution in [0.15, 0.2) is 78.9 Å². The van der Waals surface area contributed by atoms with Crippen LogP contribution in [-0.4, -0.2) is 35.8 Å². The van der Waals surface area contributed by atoms with Crippen LogP contribution < -0.4 is 4.74 Å². The number of esters is 1. The first kappa shape index (κ1) is 19.4. The van der Waals surface area contributed by atoms with Crippen molar-refractivity contribution in [1.82, 2.24) is 4.90 Å². The lowest BCUT2D eigenvalue weighted by atomic mass is 10.1. The zero-order valence-electron chi connectivity index (χ0n) is 16.1. The van der Waals surface area contributed by atoms with Gasteiger partial charge in [0, 0.05) is 0 Å². The van der Waals surface area contributed by atoms with E-state index in [9.17, 15) is 14.4 Å². The van der Waals surface area contributed by atoms with Crippen LogP contribution in [0.2, 0.25) is 0 Å². The summed E-state index contributed by atoms with van der Waals surface area (Å²) in [6.07, 6.45) is 0. The second kappa shape index (κ2) is 8.61. The van der Waals surface area contributed by atoms with Crippen molar-refractivity contribution in [2.75, 3.05) is 13.2 Å². The van der Waals surface area contributed by atoms with E-state index in [4.69, 9.17) is 9.47 Å². The fourth-order valence-electron chi connectivity index (χ4n) is 3.18. The molecule has 6 heteroatoms. The molecule has 1 heterocycles.